The van der Waals surface area contributed by atoms with Gasteiger partial charge in [-0.25, -0.2) is 17.2 Å². The summed E-state index contributed by atoms with van der Waals surface area (Å²) in [7, 11) is -4.08. The van der Waals surface area contributed by atoms with E-state index in [1.54, 1.807) is 0 Å². The van der Waals surface area contributed by atoms with Crippen LogP contribution in [0.25, 0.3) is 0 Å². The Balaban J connectivity index is 1.60. The quantitative estimate of drug-likeness (QED) is 0.622. The lowest BCUT2D eigenvalue weighted by Gasteiger charge is -2.19. The normalized spacial score (nSPS) is 12.8. The summed E-state index contributed by atoms with van der Waals surface area (Å²) in [6.45, 7) is 0.668. The van der Waals surface area contributed by atoms with E-state index in [4.69, 9.17) is 9.47 Å². The van der Waals surface area contributed by atoms with Crippen LogP contribution in [0.1, 0.15) is 10.4 Å². The van der Waals surface area contributed by atoms with Gasteiger partial charge >= 0.3 is 0 Å². The van der Waals surface area contributed by atoms with Crippen LogP contribution in [0.5, 0.6) is 11.5 Å². The van der Waals surface area contributed by atoms with Crippen LogP contribution in [0.4, 0.5) is 20.2 Å². The van der Waals surface area contributed by atoms with E-state index in [-0.39, 0.29) is 21.8 Å². The third-order valence-corrected chi connectivity index (χ3v) is 5.78. The molecule has 7 nitrogen and oxygen atoms in total. The molecule has 4 rings (SSSR count). The van der Waals surface area contributed by atoms with Crippen molar-refractivity contribution in [1.29, 1.82) is 0 Å². The molecule has 0 saturated carbocycles. The van der Waals surface area contributed by atoms with Crippen molar-refractivity contribution >= 4 is 27.3 Å². The zero-order valence-electron chi connectivity index (χ0n) is 15.9. The lowest BCUT2D eigenvalue weighted by Crippen LogP contribution is -2.20. The van der Waals surface area contributed by atoms with Crippen LogP contribution in [0.15, 0.2) is 65.6 Å². The summed E-state index contributed by atoms with van der Waals surface area (Å²) in [5, 5.41) is 2.31. The number of amides is 1. The molecule has 0 fully saturated rings. The summed E-state index contributed by atoms with van der Waals surface area (Å²) < 4.78 is 65.9. The Morgan fingerprint density at radius 1 is 0.871 bits per heavy atom. The van der Waals surface area contributed by atoms with Crippen molar-refractivity contribution in [3.8, 4) is 11.5 Å². The predicted molar refractivity (Wildman–Crippen MR) is 109 cm³/mol. The van der Waals surface area contributed by atoms with Gasteiger partial charge in [-0.1, -0.05) is 12.1 Å². The van der Waals surface area contributed by atoms with Crippen LogP contribution in [0.2, 0.25) is 0 Å². The van der Waals surface area contributed by atoms with Crippen molar-refractivity contribution < 1.29 is 31.5 Å². The third-order valence-electron chi connectivity index (χ3n) is 4.42. The first-order chi connectivity index (χ1) is 14.8. The largest absolute Gasteiger partial charge is 0.486 e. The molecule has 0 aliphatic carbocycles. The third kappa shape index (κ3) is 4.43. The minimum absolute atomic E-state index is 0.0163. The number of fused-ring (bicyclic) bond motifs is 1. The molecule has 10 heteroatoms. The second kappa shape index (κ2) is 8.23. The summed E-state index contributed by atoms with van der Waals surface area (Å²) >= 11 is 0. The van der Waals surface area contributed by atoms with Crippen molar-refractivity contribution in [2.45, 2.75) is 4.90 Å². The van der Waals surface area contributed by atoms with Crippen molar-refractivity contribution in [2.75, 3.05) is 23.3 Å². The Morgan fingerprint density at radius 3 is 2.39 bits per heavy atom. The average Bonchev–Trinajstić information content (AvgIpc) is 2.75. The summed E-state index contributed by atoms with van der Waals surface area (Å²) in [6.07, 6.45) is 0. The maximum Gasteiger partial charge on any atom is 0.262 e. The molecule has 31 heavy (non-hydrogen) atoms. The molecular weight excluding hydrogens is 430 g/mol. The van der Waals surface area contributed by atoms with Gasteiger partial charge in [-0.15, -0.1) is 0 Å². The second-order valence-electron chi connectivity index (χ2n) is 6.53. The van der Waals surface area contributed by atoms with Crippen LogP contribution in [0, 0.1) is 11.6 Å². The molecule has 1 aliphatic heterocycles. The van der Waals surface area contributed by atoms with Gasteiger partial charge in [-0.3, -0.25) is 9.52 Å². The topological polar surface area (TPSA) is 93.7 Å². The number of carbonyl (C=O) groups is 1. The van der Waals surface area contributed by atoms with Crippen molar-refractivity contribution in [2.24, 2.45) is 0 Å². The van der Waals surface area contributed by atoms with Gasteiger partial charge in [0.05, 0.1) is 21.8 Å². The molecule has 0 aromatic heterocycles. The van der Waals surface area contributed by atoms with Gasteiger partial charge in [0, 0.05) is 12.1 Å². The van der Waals surface area contributed by atoms with E-state index in [0.717, 1.165) is 12.1 Å². The van der Waals surface area contributed by atoms with Gasteiger partial charge < -0.3 is 14.8 Å². The van der Waals surface area contributed by atoms with E-state index in [1.807, 2.05) is 0 Å². The summed E-state index contributed by atoms with van der Waals surface area (Å²) in [6, 6.07) is 12.7. The highest BCUT2D eigenvalue weighted by Crippen LogP contribution is 2.33. The zero-order chi connectivity index (χ0) is 22.0. The van der Waals surface area contributed by atoms with Crippen LogP contribution >= 0.6 is 0 Å². The molecule has 0 radical (unpaired) electrons. The predicted octanol–water partition coefficient (Wildman–Crippen LogP) is 3.79. The van der Waals surface area contributed by atoms with Crippen molar-refractivity contribution in [1.82, 2.24) is 0 Å². The van der Waals surface area contributed by atoms with Crippen LogP contribution < -0.4 is 19.5 Å². The number of rotatable bonds is 5. The molecule has 0 unspecified atom stereocenters. The van der Waals surface area contributed by atoms with Crippen LogP contribution in [0.3, 0.4) is 0 Å². The first-order valence-corrected chi connectivity index (χ1v) is 10.6. The Kier molecular flexibility index (Phi) is 5.47. The van der Waals surface area contributed by atoms with Crippen LogP contribution in [-0.4, -0.2) is 27.5 Å². The Bertz CT molecular complexity index is 1260. The number of nitrogens with one attached hydrogen (secondary N) is 2. The maximum absolute atomic E-state index is 13.9. The number of hydrogen-bond donors (Lipinski definition) is 2. The van der Waals surface area contributed by atoms with E-state index in [1.165, 1.54) is 42.5 Å². The van der Waals surface area contributed by atoms with Crippen molar-refractivity contribution in [3.05, 3.63) is 77.9 Å². The maximum atomic E-state index is 13.9. The lowest BCUT2D eigenvalue weighted by atomic mass is 10.1. The van der Waals surface area contributed by atoms with Gasteiger partial charge in [0.1, 0.15) is 24.8 Å². The summed E-state index contributed by atoms with van der Waals surface area (Å²) in [4.78, 5) is 12.6. The number of anilines is 2. The average molecular weight is 446 g/mol. The van der Waals surface area contributed by atoms with Gasteiger partial charge in [0.2, 0.25) is 0 Å². The lowest BCUT2D eigenvalue weighted by molar-refractivity contribution is 0.102. The molecule has 0 saturated heterocycles. The minimum atomic E-state index is -4.08. The minimum Gasteiger partial charge on any atom is -0.486 e. The number of hydrogen-bond acceptors (Lipinski definition) is 5. The van der Waals surface area contributed by atoms with E-state index in [2.05, 4.69) is 10.0 Å². The second-order valence-corrected chi connectivity index (χ2v) is 8.22. The molecule has 0 atom stereocenters. The fourth-order valence-corrected chi connectivity index (χ4v) is 4.04. The molecular formula is C21H16F2N2O5S. The Labute approximate surface area is 176 Å². The molecule has 2 N–H and O–H groups in total. The van der Waals surface area contributed by atoms with E-state index >= 15 is 0 Å². The molecule has 1 amide bonds. The number of sulfonamides is 1. The monoisotopic (exact) mass is 446 g/mol. The van der Waals surface area contributed by atoms with E-state index in [0.29, 0.717) is 30.8 Å². The van der Waals surface area contributed by atoms with E-state index in [9.17, 15) is 22.0 Å². The van der Waals surface area contributed by atoms with Crippen LogP contribution in [-0.2, 0) is 10.0 Å². The molecule has 0 bridgehead atoms. The fraction of sp³-hybridized carbons (Fsp3) is 0.0952. The van der Waals surface area contributed by atoms with Crippen molar-refractivity contribution in [3.63, 3.8) is 0 Å². The van der Waals surface area contributed by atoms with E-state index < -0.39 is 27.6 Å². The zero-order valence-corrected chi connectivity index (χ0v) is 16.7. The Morgan fingerprint density at radius 2 is 1.61 bits per heavy atom. The highest BCUT2D eigenvalue weighted by molar-refractivity contribution is 7.92. The van der Waals surface area contributed by atoms with Gasteiger partial charge in [0.15, 0.2) is 11.5 Å². The van der Waals surface area contributed by atoms with Gasteiger partial charge in [0.25, 0.3) is 15.9 Å². The molecule has 3 aromatic rings. The van der Waals surface area contributed by atoms with Gasteiger partial charge in [-0.05, 0) is 36.4 Å². The molecule has 3 aromatic carbocycles. The molecule has 160 valence electrons. The first-order valence-electron chi connectivity index (χ1n) is 9.11. The number of benzene rings is 3. The molecule has 1 heterocycles. The highest BCUT2D eigenvalue weighted by atomic mass is 32.2. The van der Waals surface area contributed by atoms with Gasteiger partial charge in [-0.2, -0.15) is 0 Å². The Hall–Kier alpha value is -3.66. The summed E-state index contributed by atoms with van der Waals surface area (Å²) in [5.41, 5.74) is -0.305. The number of ether oxygens (including phenoxy) is 2. The molecule has 0 spiro atoms. The number of carbonyl (C=O) groups excluding carboxylic acids is 1. The first kappa shape index (κ1) is 20.6. The summed E-state index contributed by atoms with van der Waals surface area (Å²) in [5.74, 6) is -1.78. The highest BCUT2D eigenvalue weighted by Gasteiger charge is 2.22. The SMILES string of the molecule is O=C(Nc1ccc(F)cc1F)c1ccccc1NS(=O)(=O)c1ccc2c(c1)OCCO2. The molecule has 1 aliphatic rings. The smallest absolute Gasteiger partial charge is 0.262 e. The number of halogens is 2. The number of para-hydroxylation sites is 1. The standard InChI is InChI=1S/C21H16F2N2O5S/c22-13-5-7-18(16(23)11-13)24-21(26)15-3-1-2-4-17(15)25-31(27,28)14-6-8-19-20(12-14)30-10-9-29-19/h1-8,11-12,25H,9-10H2,(H,24,26). The fourth-order valence-electron chi connectivity index (χ4n) is 2.95.